The molecule has 2 aliphatic carbocycles. The Morgan fingerprint density at radius 3 is 2.50 bits per heavy atom. The number of nitriles is 1. The lowest BCUT2D eigenvalue weighted by Gasteiger charge is -2.17. The van der Waals surface area contributed by atoms with Gasteiger partial charge in [0.25, 0.3) is 5.91 Å². The number of fused-ring (bicyclic) bond motifs is 1. The van der Waals surface area contributed by atoms with Gasteiger partial charge in [0.15, 0.2) is 0 Å². The average molecular weight is 270 g/mol. The molecule has 2 N–H and O–H groups in total. The van der Waals surface area contributed by atoms with Gasteiger partial charge in [-0.25, -0.2) is 0 Å². The summed E-state index contributed by atoms with van der Waals surface area (Å²) >= 11 is 0. The number of amides is 1. The zero-order valence-corrected chi connectivity index (χ0v) is 11.4. The summed E-state index contributed by atoms with van der Waals surface area (Å²) in [5, 5.41) is 21.3. The number of hydrogen-bond donors (Lipinski definition) is 2. The Balaban J connectivity index is 1.58. The lowest BCUT2D eigenvalue weighted by atomic mass is 10.0. The second-order valence-corrected chi connectivity index (χ2v) is 5.98. The summed E-state index contributed by atoms with van der Waals surface area (Å²) in [5.41, 5.74) is 1.14. The fourth-order valence-electron chi connectivity index (χ4n) is 3.69. The second kappa shape index (κ2) is 4.92. The van der Waals surface area contributed by atoms with Gasteiger partial charge in [-0.2, -0.15) is 5.26 Å². The smallest absolute Gasteiger partial charge is 0.251 e. The molecule has 4 heteroatoms. The van der Waals surface area contributed by atoms with Crippen LogP contribution in [0.15, 0.2) is 24.3 Å². The number of benzene rings is 1. The summed E-state index contributed by atoms with van der Waals surface area (Å²) < 4.78 is 0. The van der Waals surface area contributed by atoms with Gasteiger partial charge >= 0.3 is 0 Å². The van der Waals surface area contributed by atoms with Crippen molar-refractivity contribution in [2.24, 2.45) is 17.8 Å². The van der Waals surface area contributed by atoms with Crippen molar-refractivity contribution in [2.75, 3.05) is 0 Å². The van der Waals surface area contributed by atoms with E-state index in [1.54, 1.807) is 24.3 Å². The molecule has 0 bridgehead atoms. The van der Waals surface area contributed by atoms with Crippen LogP contribution in [-0.4, -0.2) is 23.2 Å². The molecular formula is C16H18N2O2. The SMILES string of the molecule is C[C@@H](NC(=O)c1ccc(C#N)cc1)C1[C@H]2CC(O)C[C@@H]12. The molecule has 104 valence electrons. The first-order valence-corrected chi connectivity index (χ1v) is 7.09. The maximum atomic E-state index is 12.1. The number of hydrogen-bond acceptors (Lipinski definition) is 3. The predicted molar refractivity (Wildman–Crippen MR) is 73.8 cm³/mol. The predicted octanol–water partition coefficient (Wildman–Crippen LogP) is 1.69. The van der Waals surface area contributed by atoms with Gasteiger partial charge in [-0.1, -0.05) is 0 Å². The van der Waals surface area contributed by atoms with E-state index < -0.39 is 0 Å². The number of carbonyl (C=O) groups is 1. The molecule has 2 unspecified atom stereocenters. The molecule has 0 aromatic heterocycles. The van der Waals surface area contributed by atoms with Crippen LogP contribution in [0.1, 0.15) is 35.7 Å². The average Bonchev–Trinajstić information content (AvgIpc) is 2.97. The molecule has 1 aromatic rings. The first-order chi connectivity index (χ1) is 9.60. The Morgan fingerprint density at radius 2 is 1.95 bits per heavy atom. The maximum absolute atomic E-state index is 12.1. The molecular weight excluding hydrogens is 252 g/mol. The fourth-order valence-corrected chi connectivity index (χ4v) is 3.69. The lowest BCUT2D eigenvalue weighted by molar-refractivity contribution is 0.0929. The summed E-state index contributed by atoms with van der Waals surface area (Å²) in [7, 11) is 0. The second-order valence-electron chi connectivity index (χ2n) is 5.98. The highest BCUT2D eigenvalue weighted by molar-refractivity contribution is 5.94. The zero-order chi connectivity index (χ0) is 14.3. The Bertz CT molecular complexity index is 549. The molecule has 0 saturated heterocycles. The molecule has 1 amide bonds. The first-order valence-electron chi connectivity index (χ1n) is 7.09. The molecule has 20 heavy (non-hydrogen) atoms. The number of aliphatic hydroxyl groups excluding tert-OH is 1. The standard InChI is InChI=1S/C16H18N2O2/c1-9(15-13-6-12(19)7-14(13)15)18-16(20)11-4-2-10(8-17)3-5-11/h2-5,9,12-15,19H,6-7H2,1H3,(H,18,20)/t9-,12?,13-,14+,15?/m1/s1. The van der Waals surface area contributed by atoms with Crippen molar-refractivity contribution < 1.29 is 9.90 Å². The number of rotatable bonds is 3. The number of nitrogens with one attached hydrogen (secondary N) is 1. The topological polar surface area (TPSA) is 73.1 Å². The molecule has 2 fully saturated rings. The van der Waals surface area contributed by atoms with E-state index in [4.69, 9.17) is 5.26 Å². The Hall–Kier alpha value is -1.86. The van der Waals surface area contributed by atoms with E-state index in [1.807, 2.05) is 13.0 Å². The quantitative estimate of drug-likeness (QED) is 0.878. The third-order valence-corrected chi connectivity index (χ3v) is 4.70. The molecule has 2 aliphatic rings. The first kappa shape index (κ1) is 13.1. The van der Waals surface area contributed by atoms with E-state index in [1.165, 1.54) is 0 Å². The van der Waals surface area contributed by atoms with Crippen molar-refractivity contribution in [3.63, 3.8) is 0 Å². The largest absolute Gasteiger partial charge is 0.393 e. The van der Waals surface area contributed by atoms with E-state index in [-0.39, 0.29) is 18.1 Å². The van der Waals surface area contributed by atoms with Gasteiger partial charge in [-0.3, -0.25) is 4.79 Å². The van der Waals surface area contributed by atoms with Crippen LogP contribution in [0, 0.1) is 29.1 Å². The molecule has 1 aromatic carbocycles. The minimum atomic E-state index is -0.136. The van der Waals surface area contributed by atoms with Gasteiger partial charge in [0.2, 0.25) is 0 Å². The van der Waals surface area contributed by atoms with Crippen molar-refractivity contribution >= 4 is 5.91 Å². The van der Waals surface area contributed by atoms with Crippen molar-refractivity contribution in [3.8, 4) is 6.07 Å². The summed E-state index contributed by atoms with van der Waals surface area (Å²) in [6.07, 6.45) is 1.63. The molecule has 0 aliphatic heterocycles. The maximum Gasteiger partial charge on any atom is 0.251 e. The van der Waals surface area contributed by atoms with Gasteiger partial charge < -0.3 is 10.4 Å². The van der Waals surface area contributed by atoms with Crippen LogP contribution >= 0.6 is 0 Å². The van der Waals surface area contributed by atoms with Gasteiger partial charge in [-0.05, 0) is 61.8 Å². The van der Waals surface area contributed by atoms with E-state index in [9.17, 15) is 9.90 Å². The van der Waals surface area contributed by atoms with Crippen molar-refractivity contribution in [1.82, 2.24) is 5.32 Å². The molecule has 0 heterocycles. The normalized spacial score (nSPS) is 32.0. The van der Waals surface area contributed by atoms with Crippen molar-refractivity contribution in [1.29, 1.82) is 5.26 Å². The monoisotopic (exact) mass is 270 g/mol. The van der Waals surface area contributed by atoms with Crippen LogP contribution in [-0.2, 0) is 0 Å². The molecule has 5 atom stereocenters. The van der Waals surface area contributed by atoms with E-state index in [0.29, 0.717) is 28.9 Å². The number of nitrogens with zero attached hydrogens (tertiary/aromatic N) is 1. The van der Waals surface area contributed by atoms with Gasteiger partial charge in [0.1, 0.15) is 0 Å². The Labute approximate surface area is 118 Å². The van der Waals surface area contributed by atoms with Gasteiger partial charge in [-0.15, -0.1) is 0 Å². The highest BCUT2D eigenvalue weighted by Gasteiger charge is 2.57. The van der Waals surface area contributed by atoms with E-state index in [0.717, 1.165) is 12.8 Å². The summed E-state index contributed by atoms with van der Waals surface area (Å²) in [6, 6.07) is 8.84. The van der Waals surface area contributed by atoms with Crippen LogP contribution < -0.4 is 5.32 Å². The van der Waals surface area contributed by atoms with Crippen LogP contribution in [0.4, 0.5) is 0 Å². The minimum Gasteiger partial charge on any atom is -0.393 e. The molecule has 3 rings (SSSR count). The number of carbonyl (C=O) groups excluding carboxylic acids is 1. The third-order valence-electron chi connectivity index (χ3n) is 4.70. The van der Waals surface area contributed by atoms with Crippen LogP contribution in [0.5, 0.6) is 0 Å². The lowest BCUT2D eigenvalue weighted by Crippen LogP contribution is -2.35. The van der Waals surface area contributed by atoms with Crippen molar-refractivity contribution in [3.05, 3.63) is 35.4 Å². The Kier molecular flexibility index (Phi) is 3.23. The molecule has 4 nitrogen and oxygen atoms in total. The highest BCUT2D eigenvalue weighted by Crippen LogP contribution is 2.58. The van der Waals surface area contributed by atoms with Crippen LogP contribution in [0.3, 0.4) is 0 Å². The van der Waals surface area contributed by atoms with Crippen molar-refractivity contribution in [2.45, 2.75) is 31.9 Å². The molecule has 2 saturated carbocycles. The summed E-state index contributed by atoms with van der Waals surface area (Å²) in [6.45, 7) is 2.04. The molecule has 0 radical (unpaired) electrons. The zero-order valence-electron chi connectivity index (χ0n) is 11.4. The van der Waals surface area contributed by atoms with Gasteiger partial charge in [0, 0.05) is 11.6 Å². The van der Waals surface area contributed by atoms with Gasteiger partial charge in [0.05, 0.1) is 17.7 Å². The van der Waals surface area contributed by atoms with E-state index in [2.05, 4.69) is 5.32 Å². The Morgan fingerprint density at radius 1 is 1.35 bits per heavy atom. The van der Waals surface area contributed by atoms with Crippen LogP contribution in [0.25, 0.3) is 0 Å². The summed E-state index contributed by atoms with van der Waals surface area (Å²) in [5.74, 6) is 1.59. The van der Waals surface area contributed by atoms with E-state index >= 15 is 0 Å². The van der Waals surface area contributed by atoms with Crippen LogP contribution in [0.2, 0.25) is 0 Å². The molecule has 0 spiro atoms. The fraction of sp³-hybridized carbons (Fsp3) is 0.500. The summed E-state index contributed by atoms with van der Waals surface area (Å²) in [4.78, 5) is 12.1. The minimum absolute atomic E-state index is 0.0903. The highest BCUT2D eigenvalue weighted by atomic mass is 16.3. The third kappa shape index (κ3) is 2.30. The number of aliphatic hydroxyl groups is 1.